The molecule has 1 rings (SSSR count). The first-order valence-electron chi connectivity index (χ1n) is 5.92. The minimum atomic E-state index is 0.184. The quantitative estimate of drug-likeness (QED) is 0.749. The van der Waals surface area contributed by atoms with Crippen LogP contribution in [0.4, 0.5) is 0 Å². The van der Waals surface area contributed by atoms with Gasteiger partial charge >= 0.3 is 0 Å². The highest BCUT2D eigenvalue weighted by molar-refractivity contribution is 5.76. The molecule has 0 saturated heterocycles. The Balaban J connectivity index is 2.19. The maximum absolute atomic E-state index is 11.6. The van der Waals surface area contributed by atoms with E-state index in [1.54, 1.807) is 0 Å². The first kappa shape index (κ1) is 12.5. The summed E-state index contributed by atoms with van der Waals surface area (Å²) in [6.45, 7) is 6.48. The van der Waals surface area contributed by atoms with Crippen LogP contribution in [0, 0.1) is 5.41 Å². The second kappa shape index (κ2) is 4.97. The van der Waals surface area contributed by atoms with E-state index in [1.165, 1.54) is 0 Å². The SMILES string of the molecule is CC(C)(C)CCC(=O)NC1CCC(N)C1. The molecule has 3 nitrogen and oxygen atoms in total. The maximum atomic E-state index is 11.6. The van der Waals surface area contributed by atoms with Crippen LogP contribution in [0.5, 0.6) is 0 Å². The van der Waals surface area contributed by atoms with Crippen molar-refractivity contribution in [3.63, 3.8) is 0 Å². The van der Waals surface area contributed by atoms with Crippen molar-refractivity contribution in [1.29, 1.82) is 0 Å². The Morgan fingerprint density at radius 1 is 1.40 bits per heavy atom. The van der Waals surface area contributed by atoms with E-state index in [9.17, 15) is 4.79 Å². The predicted octanol–water partition coefficient (Wildman–Crippen LogP) is 1.81. The average molecular weight is 212 g/mol. The van der Waals surface area contributed by atoms with Crippen LogP contribution in [-0.2, 0) is 4.79 Å². The Hall–Kier alpha value is -0.570. The van der Waals surface area contributed by atoms with E-state index in [4.69, 9.17) is 5.73 Å². The second-order valence-electron chi connectivity index (χ2n) is 5.90. The van der Waals surface area contributed by atoms with Crippen LogP contribution >= 0.6 is 0 Å². The topological polar surface area (TPSA) is 55.1 Å². The summed E-state index contributed by atoms with van der Waals surface area (Å²) in [5.74, 6) is 0.184. The van der Waals surface area contributed by atoms with Gasteiger partial charge in [-0.3, -0.25) is 4.79 Å². The summed E-state index contributed by atoms with van der Waals surface area (Å²) in [4.78, 5) is 11.6. The minimum Gasteiger partial charge on any atom is -0.353 e. The predicted molar refractivity (Wildman–Crippen MR) is 62.4 cm³/mol. The fourth-order valence-corrected chi connectivity index (χ4v) is 1.94. The summed E-state index contributed by atoms with van der Waals surface area (Å²) in [6, 6.07) is 0.616. The number of nitrogens with two attached hydrogens (primary N) is 1. The lowest BCUT2D eigenvalue weighted by Gasteiger charge is -2.18. The number of hydrogen-bond acceptors (Lipinski definition) is 2. The molecule has 0 aromatic heterocycles. The molecule has 2 atom stereocenters. The van der Waals surface area contributed by atoms with Gasteiger partial charge in [0.25, 0.3) is 0 Å². The van der Waals surface area contributed by atoms with Crippen molar-refractivity contribution in [3.05, 3.63) is 0 Å². The fourth-order valence-electron chi connectivity index (χ4n) is 1.94. The lowest BCUT2D eigenvalue weighted by Crippen LogP contribution is -2.34. The van der Waals surface area contributed by atoms with Crippen LogP contribution in [0.15, 0.2) is 0 Å². The Kier molecular flexibility index (Phi) is 4.14. The molecule has 0 aliphatic heterocycles. The Morgan fingerprint density at radius 3 is 2.53 bits per heavy atom. The molecular weight excluding hydrogens is 188 g/mol. The van der Waals surface area contributed by atoms with Gasteiger partial charge in [0.05, 0.1) is 0 Å². The molecule has 1 saturated carbocycles. The van der Waals surface area contributed by atoms with Gasteiger partial charge in [0, 0.05) is 18.5 Å². The highest BCUT2D eigenvalue weighted by atomic mass is 16.1. The van der Waals surface area contributed by atoms with Crippen LogP contribution in [0.3, 0.4) is 0 Å². The first-order chi connectivity index (χ1) is 6.87. The molecule has 0 spiro atoms. The second-order valence-corrected chi connectivity index (χ2v) is 5.90. The van der Waals surface area contributed by atoms with E-state index in [-0.39, 0.29) is 17.4 Å². The van der Waals surface area contributed by atoms with Crippen molar-refractivity contribution in [1.82, 2.24) is 5.32 Å². The summed E-state index contributed by atoms with van der Waals surface area (Å²) in [5.41, 5.74) is 6.03. The molecule has 0 radical (unpaired) electrons. The summed E-state index contributed by atoms with van der Waals surface area (Å²) in [5, 5.41) is 3.06. The van der Waals surface area contributed by atoms with Gasteiger partial charge in [0.1, 0.15) is 0 Å². The van der Waals surface area contributed by atoms with E-state index >= 15 is 0 Å². The van der Waals surface area contributed by atoms with Crippen LogP contribution in [-0.4, -0.2) is 18.0 Å². The molecular formula is C12H24N2O. The van der Waals surface area contributed by atoms with Gasteiger partial charge in [0.15, 0.2) is 0 Å². The average Bonchev–Trinajstić information content (AvgIpc) is 2.47. The van der Waals surface area contributed by atoms with Crippen molar-refractivity contribution in [2.45, 2.75) is 65.0 Å². The van der Waals surface area contributed by atoms with Crippen LogP contribution in [0.25, 0.3) is 0 Å². The van der Waals surface area contributed by atoms with Crippen molar-refractivity contribution >= 4 is 5.91 Å². The number of carbonyl (C=O) groups is 1. The van der Waals surface area contributed by atoms with E-state index in [0.29, 0.717) is 12.5 Å². The number of carbonyl (C=O) groups excluding carboxylic acids is 1. The van der Waals surface area contributed by atoms with E-state index < -0.39 is 0 Å². The first-order valence-corrected chi connectivity index (χ1v) is 5.92. The number of rotatable bonds is 3. The number of amides is 1. The monoisotopic (exact) mass is 212 g/mol. The van der Waals surface area contributed by atoms with E-state index in [0.717, 1.165) is 25.7 Å². The van der Waals surface area contributed by atoms with E-state index in [2.05, 4.69) is 26.1 Å². The highest BCUT2D eigenvalue weighted by Crippen LogP contribution is 2.21. The normalized spacial score (nSPS) is 26.7. The zero-order valence-electron chi connectivity index (χ0n) is 10.2. The van der Waals surface area contributed by atoms with Gasteiger partial charge in [-0.05, 0) is 31.1 Å². The Bertz CT molecular complexity index is 220. The number of hydrogen-bond donors (Lipinski definition) is 2. The lowest BCUT2D eigenvalue weighted by atomic mass is 9.90. The van der Waals surface area contributed by atoms with Crippen LogP contribution < -0.4 is 11.1 Å². The molecule has 1 fully saturated rings. The lowest BCUT2D eigenvalue weighted by molar-refractivity contribution is -0.122. The molecule has 1 amide bonds. The molecule has 0 aromatic carbocycles. The van der Waals surface area contributed by atoms with Crippen molar-refractivity contribution in [2.24, 2.45) is 11.1 Å². The molecule has 0 bridgehead atoms. The van der Waals surface area contributed by atoms with Gasteiger partial charge in [-0.25, -0.2) is 0 Å². The van der Waals surface area contributed by atoms with Gasteiger partial charge < -0.3 is 11.1 Å². The zero-order chi connectivity index (χ0) is 11.5. The molecule has 3 heteroatoms. The Morgan fingerprint density at radius 2 is 2.07 bits per heavy atom. The summed E-state index contributed by atoms with van der Waals surface area (Å²) < 4.78 is 0. The molecule has 2 unspecified atom stereocenters. The third kappa shape index (κ3) is 5.17. The molecule has 3 N–H and O–H groups in total. The fraction of sp³-hybridized carbons (Fsp3) is 0.917. The summed E-state index contributed by atoms with van der Waals surface area (Å²) in [7, 11) is 0. The third-order valence-corrected chi connectivity index (χ3v) is 2.94. The van der Waals surface area contributed by atoms with Crippen LogP contribution in [0.2, 0.25) is 0 Å². The molecule has 0 aromatic rings. The number of nitrogens with one attached hydrogen (secondary N) is 1. The van der Waals surface area contributed by atoms with Gasteiger partial charge in [-0.2, -0.15) is 0 Å². The zero-order valence-corrected chi connectivity index (χ0v) is 10.2. The largest absolute Gasteiger partial charge is 0.353 e. The molecule has 15 heavy (non-hydrogen) atoms. The van der Waals surface area contributed by atoms with Gasteiger partial charge in [0.2, 0.25) is 5.91 Å². The third-order valence-electron chi connectivity index (χ3n) is 2.94. The van der Waals surface area contributed by atoms with Crippen molar-refractivity contribution in [2.75, 3.05) is 0 Å². The molecule has 1 aliphatic rings. The molecule has 1 aliphatic carbocycles. The van der Waals surface area contributed by atoms with Gasteiger partial charge in [-0.15, -0.1) is 0 Å². The van der Waals surface area contributed by atoms with Gasteiger partial charge in [-0.1, -0.05) is 20.8 Å². The minimum absolute atomic E-state index is 0.184. The van der Waals surface area contributed by atoms with Crippen molar-refractivity contribution in [3.8, 4) is 0 Å². The van der Waals surface area contributed by atoms with Crippen LogP contribution in [0.1, 0.15) is 52.9 Å². The smallest absolute Gasteiger partial charge is 0.220 e. The maximum Gasteiger partial charge on any atom is 0.220 e. The molecule has 88 valence electrons. The summed E-state index contributed by atoms with van der Waals surface area (Å²) in [6.07, 6.45) is 4.61. The Labute approximate surface area is 92.8 Å². The van der Waals surface area contributed by atoms with Crippen molar-refractivity contribution < 1.29 is 4.79 Å². The molecule has 0 heterocycles. The standard InChI is InChI=1S/C12H24N2O/c1-12(2,3)7-6-11(15)14-10-5-4-9(13)8-10/h9-10H,4-8,13H2,1-3H3,(H,14,15). The highest BCUT2D eigenvalue weighted by Gasteiger charge is 2.23. The summed E-state index contributed by atoms with van der Waals surface area (Å²) >= 11 is 0. The van der Waals surface area contributed by atoms with E-state index in [1.807, 2.05) is 0 Å².